The van der Waals surface area contributed by atoms with Crippen molar-refractivity contribution in [3.05, 3.63) is 24.3 Å². The van der Waals surface area contributed by atoms with E-state index < -0.39 is 58.4 Å². The second kappa shape index (κ2) is 34.9. The molecular weight excluding hydrogens is 647 g/mol. The lowest BCUT2D eigenvalue weighted by molar-refractivity contribution is -0.153. The summed E-state index contributed by atoms with van der Waals surface area (Å²) in [6, 6.07) is 0. The number of ether oxygens (including phenoxy) is 2. The number of phosphoric ester groups is 1. The van der Waals surface area contributed by atoms with Gasteiger partial charge in [-0.05, 0) is 57.8 Å². The molecule has 0 bridgehead atoms. The SMILES string of the molecule is CCCC/C=C\CCCCCCCC(=O)OC(CO)COP(=O)(O)OCC(CO)OC(=O)CCCCCCC/C=C\CCCCCCCC. The van der Waals surface area contributed by atoms with Gasteiger partial charge in [0, 0.05) is 12.8 Å². The summed E-state index contributed by atoms with van der Waals surface area (Å²) in [4.78, 5) is 34.3. The van der Waals surface area contributed by atoms with E-state index in [1.54, 1.807) is 0 Å². The van der Waals surface area contributed by atoms with Gasteiger partial charge in [0.15, 0.2) is 0 Å². The summed E-state index contributed by atoms with van der Waals surface area (Å²) in [6.45, 7) is 2.13. The summed E-state index contributed by atoms with van der Waals surface area (Å²) < 4.78 is 32.4. The zero-order valence-electron chi connectivity index (χ0n) is 30.9. The molecule has 0 saturated carbocycles. The smallest absolute Gasteiger partial charge is 0.457 e. The highest BCUT2D eigenvalue weighted by molar-refractivity contribution is 7.47. The van der Waals surface area contributed by atoms with Gasteiger partial charge >= 0.3 is 19.8 Å². The molecule has 11 heteroatoms. The first kappa shape index (κ1) is 47.4. The number of carbonyl (C=O) groups excluding carboxylic acids is 2. The fourth-order valence-electron chi connectivity index (χ4n) is 5.09. The summed E-state index contributed by atoms with van der Waals surface area (Å²) in [5.41, 5.74) is 0. The van der Waals surface area contributed by atoms with E-state index in [1.807, 2.05) is 0 Å². The van der Waals surface area contributed by atoms with Crippen LogP contribution in [0.3, 0.4) is 0 Å². The van der Waals surface area contributed by atoms with Crippen molar-refractivity contribution < 1.29 is 47.8 Å². The highest BCUT2D eigenvalue weighted by atomic mass is 31.2. The van der Waals surface area contributed by atoms with Gasteiger partial charge in [-0.15, -0.1) is 0 Å². The molecule has 0 spiro atoms. The molecule has 0 rings (SSSR count). The molecule has 10 nitrogen and oxygen atoms in total. The lowest BCUT2D eigenvalue weighted by atomic mass is 10.1. The Morgan fingerprint density at radius 3 is 1.22 bits per heavy atom. The lowest BCUT2D eigenvalue weighted by Crippen LogP contribution is -2.28. The van der Waals surface area contributed by atoms with Gasteiger partial charge in [0.25, 0.3) is 0 Å². The number of allylic oxidation sites excluding steroid dienone is 4. The maximum absolute atomic E-state index is 12.3. The van der Waals surface area contributed by atoms with Crippen molar-refractivity contribution in [3.8, 4) is 0 Å². The predicted molar refractivity (Wildman–Crippen MR) is 196 cm³/mol. The van der Waals surface area contributed by atoms with Crippen LogP contribution >= 0.6 is 7.82 Å². The minimum absolute atomic E-state index is 0.182. The molecule has 3 unspecified atom stereocenters. The number of aliphatic hydroxyl groups excluding tert-OH is 2. The van der Waals surface area contributed by atoms with E-state index in [4.69, 9.17) is 18.5 Å². The lowest BCUT2D eigenvalue weighted by Gasteiger charge is -2.20. The first-order valence-corrected chi connectivity index (χ1v) is 20.8. The number of aliphatic hydroxyl groups is 2. The molecule has 0 aromatic carbocycles. The second-order valence-electron chi connectivity index (χ2n) is 12.9. The van der Waals surface area contributed by atoms with Gasteiger partial charge in [-0.3, -0.25) is 18.6 Å². The van der Waals surface area contributed by atoms with Crippen LogP contribution < -0.4 is 0 Å². The van der Waals surface area contributed by atoms with Gasteiger partial charge in [0.2, 0.25) is 0 Å². The molecule has 0 amide bonds. The third-order valence-electron chi connectivity index (χ3n) is 8.14. The van der Waals surface area contributed by atoms with Crippen LogP contribution in [0.2, 0.25) is 0 Å². The zero-order valence-corrected chi connectivity index (χ0v) is 31.8. The molecule has 0 aromatic heterocycles. The van der Waals surface area contributed by atoms with Crippen molar-refractivity contribution in [2.45, 2.75) is 180 Å². The first-order chi connectivity index (χ1) is 23.8. The van der Waals surface area contributed by atoms with E-state index in [1.165, 1.54) is 51.4 Å². The first-order valence-electron chi connectivity index (χ1n) is 19.3. The van der Waals surface area contributed by atoms with E-state index in [-0.39, 0.29) is 12.8 Å². The number of carbonyl (C=O) groups is 2. The molecule has 0 heterocycles. The van der Waals surface area contributed by atoms with Gasteiger partial charge in [0.1, 0.15) is 12.2 Å². The van der Waals surface area contributed by atoms with Crippen LogP contribution in [-0.4, -0.2) is 65.7 Å². The standard InChI is InChI=1S/C38H71O10P/c1-3-5-7-9-11-13-15-16-17-18-20-22-24-26-28-30-38(42)48-36(32-40)34-46-49(43,44)45-33-35(31-39)47-37(41)29-27-25-23-21-19-14-12-10-8-6-4-2/h10,12,16-17,35-36,39-40H,3-9,11,13-15,18-34H2,1-2H3,(H,43,44)/b12-10-,17-16-. The van der Waals surface area contributed by atoms with Gasteiger partial charge in [0.05, 0.1) is 26.4 Å². The van der Waals surface area contributed by atoms with Gasteiger partial charge in [-0.25, -0.2) is 4.57 Å². The summed E-state index contributed by atoms with van der Waals surface area (Å²) in [5.74, 6) is -1.04. The molecule has 288 valence electrons. The molecule has 0 aliphatic rings. The second-order valence-corrected chi connectivity index (χ2v) is 14.4. The van der Waals surface area contributed by atoms with Gasteiger partial charge in [-0.1, -0.05) is 122 Å². The fraction of sp³-hybridized carbons (Fsp3) is 0.842. The normalized spacial score (nSPS) is 14.3. The summed E-state index contributed by atoms with van der Waals surface area (Å²) in [6.07, 6.45) is 31.6. The van der Waals surface area contributed by atoms with Crippen LogP contribution in [0.4, 0.5) is 0 Å². The Labute approximate surface area is 298 Å². The molecule has 0 saturated heterocycles. The minimum atomic E-state index is -4.63. The molecular formula is C38H71O10P. The zero-order chi connectivity index (χ0) is 36.3. The van der Waals surface area contributed by atoms with Crippen molar-refractivity contribution in [1.82, 2.24) is 0 Å². The Kier molecular flexibility index (Phi) is 33.8. The molecule has 0 aliphatic heterocycles. The fourth-order valence-corrected chi connectivity index (χ4v) is 5.87. The van der Waals surface area contributed by atoms with Crippen LogP contribution in [0.1, 0.15) is 168 Å². The average Bonchev–Trinajstić information content (AvgIpc) is 3.09. The van der Waals surface area contributed by atoms with Crippen LogP contribution in [0.15, 0.2) is 24.3 Å². The van der Waals surface area contributed by atoms with Crippen LogP contribution in [0.5, 0.6) is 0 Å². The van der Waals surface area contributed by atoms with E-state index in [2.05, 4.69) is 38.2 Å². The highest BCUT2D eigenvalue weighted by Gasteiger charge is 2.27. The summed E-state index contributed by atoms with van der Waals surface area (Å²) in [7, 11) is -4.63. The molecule has 3 atom stereocenters. The van der Waals surface area contributed by atoms with E-state index in [9.17, 15) is 29.3 Å². The van der Waals surface area contributed by atoms with Crippen molar-refractivity contribution in [2.75, 3.05) is 26.4 Å². The van der Waals surface area contributed by atoms with Crippen LogP contribution in [0, 0.1) is 0 Å². The summed E-state index contributed by atoms with van der Waals surface area (Å²) >= 11 is 0. The van der Waals surface area contributed by atoms with Gasteiger partial charge < -0.3 is 24.6 Å². The third-order valence-corrected chi connectivity index (χ3v) is 9.09. The molecule has 0 fully saturated rings. The Morgan fingerprint density at radius 1 is 0.531 bits per heavy atom. The number of unbranched alkanes of at least 4 members (excludes halogenated alkanes) is 18. The quantitative estimate of drug-likeness (QED) is 0.0248. The summed E-state index contributed by atoms with van der Waals surface area (Å²) in [5, 5.41) is 19.1. The number of hydrogen-bond acceptors (Lipinski definition) is 9. The Morgan fingerprint density at radius 2 is 0.857 bits per heavy atom. The molecule has 49 heavy (non-hydrogen) atoms. The molecule has 0 aromatic rings. The van der Waals surface area contributed by atoms with Crippen LogP contribution in [-0.2, 0) is 32.7 Å². The molecule has 3 N–H and O–H groups in total. The maximum atomic E-state index is 12.3. The largest absolute Gasteiger partial charge is 0.472 e. The number of phosphoric acid groups is 1. The van der Waals surface area contributed by atoms with Crippen molar-refractivity contribution in [2.24, 2.45) is 0 Å². The van der Waals surface area contributed by atoms with E-state index in [0.29, 0.717) is 12.8 Å². The Bertz CT molecular complexity index is 879. The maximum Gasteiger partial charge on any atom is 0.472 e. The predicted octanol–water partition coefficient (Wildman–Crippen LogP) is 9.44. The number of esters is 2. The van der Waals surface area contributed by atoms with Crippen molar-refractivity contribution in [1.29, 1.82) is 0 Å². The Hall–Kier alpha value is -1.55. The van der Waals surface area contributed by atoms with Gasteiger partial charge in [-0.2, -0.15) is 0 Å². The van der Waals surface area contributed by atoms with Crippen molar-refractivity contribution >= 4 is 19.8 Å². The Balaban J connectivity index is 3.99. The highest BCUT2D eigenvalue weighted by Crippen LogP contribution is 2.43. The molecule has 0 aliphatic carbocycles. The monoisotopic (exact) mass is 718 g/mol. The van der Waals surface area contributed by atoms with Crippen molar-refractivity contribution in [3.63, 3.8) is 0 Å². The topological polar surface area (TPSA) is 149 Å². The average molecular weight is 719 g/mol. The van der Waals surface area contributed by atoms with Crippen LogP contribution in [0.25, 0.3) is 0 Å². The third kappa shape index (κ3) is 33.4. The van der Waals surface area contributed by atoms with E-state index >= 15 is 0 Å². The van der Waals surface area contributed by atoms with E-state index in [0.717, 1.165) is 77.0 Å². The number of rotatable bonds is 36. The molecule has 0 radical (unpaired) electrons. The minimum Gasteiger partial charge on any atom is -0.457 e. The number of hydrogen-bond donors (Lipinski definition) is 3.